The van der Waals surface area contributed by atoms with Crippen molar-refractivity contribution in [3.05, 3.63) is 12.7 Å². The molecular weight excluding hydrogens is 154 g/mol. The maximum Gasteiger partial charge on any atom is 0.215 e. The van der Waals surface area contributed by atoms with Crippen molar-refractivity contribution in [3.63, 3.8) is 0 Å². The minimum Gasteiger partial charge on any atom is -0.235 e. The largest absolute Gasteiger partial charge is 0.235 e. The molecule has 0 heterocycles. The van der Waals surface area contributed by atoms with E-state index in [-0.39, 0.29) is 12.3 Å². The van der Waals surface area contributed by atoms with Crippen molar-refractivity contribution in [1.29, 1.82) is 0 Å². The van der Waals surface area contributed by atoms with Gasteiger partial charge in [-0.1, -0.05) is 6.08 Å². The number of rotatable bonds is 5. The van der Waals surface area contributed by atoms with Gasteiger partial charge in [0.2, 0.25) is 10.0 Å². The molecule has 0 bridgehead atoms. The van der Waals surface area contributed by atoms with Crippen molar-refractivity contribution in [1.82, 2.24) is 4.72 Å². The van der Waals surface area contributed by atoms with Crippen molar-refractivity contribution in [3.8, 4) is 0 Å². The van der Waals surface area contributed by atoms with Crippen molar-refractivity contribution >= 4 is 10.0 Å². The highest BCUT2D eigenvalue weighted by Crippen LogP contribution is 1.82. The fourth-order valence-electron chi connectivity index (χ4n) is 0.411. The summed E-state index contributed by atoms with van der Waals surface area (Å²) in [6.45, 7) is 2.78. The van der Waals surface area contributed by atoms with E-state index in [0.717, 1.165) is 0 Å². The van der Waals surface area contributed by atoms with Crippen LogP contribution >= 0.6 is 0 Å². The standard InChI is InChI=1S/C5H10NO3S/c1-2-5-10(8,9)6-3-4-7/h2,6H,1,3-5H2. The van der Waals surface area contributed by atoms with Gasteiger partial charge in [0.1, 0.15) is 0 Å². The first-order chi connectivity index (χ1) is 4.62. The van der Waals surface area contributed by atoms with Crippen LogP contribution in [-0.4, -0.2) is 27.3 Å². The quantitative estimate of drug-likeness (QED) is 0.558. The van der Waals surface area contributed by atoms with Crippen molar-refractivity contribution in [2.45, 2.75) is 0 Å². The second-order valence-corrected chi connectivity index (χ2v) is 3.52. The highest BCUT2D eigenvalue weighted by atomic mass is 32.2. The average Bonchev–Trinajstić information content (AvgIpc) is 1.84. The van der Waals surface area contributed by atoms with Crippen LogP contribution in [-0.2, 0) is 15.1 Å². The van der Waals surface area contributed by atoms with Crippen molar-refractivity contribution < 1.29 is 13.5 Å². The molecule has 0 unspecified atom stereocenters. The minimum absolute atomic E-state index is 0.0455. The second-order valence-electron chi connectivity index (χ2n) is 1.67. The van der Waals surface area contributed by atoms with Gasteiger partial charge in [0.25, 0.3) is 0 Å². The van der Waals surface area contributed by atoms with Gasteiger partial charge in [-0.2, -0.15) is 0 Å². The van der Waals surface area contributed by atoms with Crippen LogP contribution in [0, 0.1) is 0 Å². The molecule has 0 fully saturated rings. The monoisotopic (exact) mass is 164 g/mol. The van der Waals surface area contributed by atoms with Crippen LogP contribution in [0.2, 0.25) is 0 Å². The fourth-order valence-corrected chi connectivity index (χ4v) is 1.23. The minimum atomic E-state index is -3.26. The Kier molecular flexibility index (Phi) is 4.26. The first kappa shape index (κ1) is 9.61. The number of hydrogen-bond donors (Lipinski definition) is 1. The third kappa shape index (κ3) is 4.49. The molecule has 0 amide bonds. The maximum absolute atomic E-state index is 10.7. The Balaban J connectivity index is 3.76. The third-order valence-electron chi connectivity index (χ3n) is 0.761. The Morgan fingerprint density at radius 2 is 2.10 bits per heavy atom. The van der Waals surface area contributed by atoms with Crippen molar-refractivity contribution in [2.75, 3.05) is 18.9 Å². The molecule has 0 saturated heterocycles. The van der Waals surface area contributed by atoms with Gasteiger partial charge in [-0.05, 0) is 0 Å². The van der Waals surface area contributed by atoms with Gasteiger partial charge < -0.3 is 0 Å². The zero-order chi connectivity index (χ0) is 8.04. The lowest BCUT2D eigenvalue weighted by Crippen LogP contribution is -2.27. The van der Waals surface area contributed by atoms with E-state index in [2.05, 4.69) is 11.3 Å². The molecule has 0 saturated carbocycles. The van der Waals surface area contributed by atoms with Gasteiger partial charge in [-0.3, -0.25) is 0 Å². The predicted octanol–water partition coefficient (Wildman–Crippen LogP) is -0.478. The molecule has 0 aliphatic carbocycles. The van der Waals surface area contributed by atoms with Gasteiger partial charge in [0, 0.05) is 6.54 Å². The highest BCUT2D eigenvalue weighted by molar-refractivity contribution is 7.89. The Morgan fingerprint density at radius 3 is 2.50 bits per heavy atom. The maximum atomic E-state index is 10.7. The van der Waals surface area contributed by atoms with Crippen LogP contribution in [0.15, 0.2) is 12.7 Å². The first-order valence-electron chi connectivity index (χ1n) is 2.78. The molecule has 0 aromatic rings. The van der Waals surface area contributed by atoms with Crippen molar-refractivity contribution in [2.24, 2.45) is 0 Å². The average molecular weight is 164 g/mol. The molecule has 5 heteroatoms. The van der Waals surface area contributed by atoms with Crippen LogP contribution in [0.5, 0.6) is 0 Å². The lowest BCUT2D eigenvalue weighted by molar-refractivity contribution is 0.199. The predicted molar refractivity (Wildman–Crippen MR) is 37.5 cm³/mol. The summed E-state index contributed by atoms with van der Waals surface area (Å²) < 4.78 is 23.4. The molecule has 0 aromatic carbocycles. The summed E-state index contributed by atoms with van der Waals surface area (Å²) in [5.41, 5.74) is 0. The van der Waals surface area contributed by atoms with E-state index >= 15 is 0 Å². The summed E-state index contributed by atoms with van der Waals surface area (Å²) in [5.74, 6) is -0.132. The zero-order valence-corrected chi connectivity index (χ0v) is 6.36. The Bertz CT molecular complexity index is 185. The summed E-state index contributed by atoms with van der Waals surface area (Å²) in [6.07, 6.45) is 1.27. The van der Waals surface area contributed by atoms with Gasteiger partial charge in [0.05, 0.1) is 12.4 Å². The first-order valence-corrected chi connectivity index (χ1v) is 4.44. The van der Waals surface area contributed by atoms with Crippen LogP contribution < -0.4 is 4.72 Å². The SMILES string of the molecule is C=CCS(=O)(=O)NCC[O]. The smallest absolute Gasteiger partial charge is 0.215 e. The van der Waals surface area contributed by atoms with Gasteiger partial charge in [0.15, 0.2) is 0 Å². The third-order valence-corrected chi connectivity index (χ3v) is 2.08. The van der Waals surface area contributed by atoms with E-state index in [1.807, 2.05) is 0 Å². The molecule has 1 N–H and O–H groups in total. The lowest BCUT2D eigenvalue weighted by Gasteiger charge is -1.99. The Labute approximate surface area is 60.6 Å². The summed E-state index contributed by atoms with van der Waals surface area (Å²) in [6, 6.07) is 0. The summed E-state index contributed by atoms with van der Waals surface area (Å²) >= 11 is 0. The van der Waals surface area contributed by atoms with Gasteiger partial charge in [-0.25, -0.2) is 18.2 Å². The Hall–Kier alpha value is -0.390. The number of hydrogen-bond acceptors (Lipinski definition) is 2. The zero-order valence-electron chi connectivity index (χ0n) is 5.54. The van der Waals surface area contributed by atoms with E-state index < -0.39 is 16.6 Å². The van der Waals surface area contributed by atoms with E-state index in [4.69, 9.17) is 0 Å². The topological polar surface area (TPSA) is 66.1 Å². The Morgan fingerprint density at radius 1 is 1.50 bits per heavy atom. The molecule has 59 valence electrons. The summed E-state index contributed by atoms with van der Waals surface area (Å²) in [7, 11) is -3.26. The van der Waals surface area contributed by atoms with Crippen LogP contribution in [0.25, 0.3) is 0 Å². The van der Waals surface area contributed by atoms with Gasteiger partial charge >= 0.3 is 0 Å². The molecule has 0 aromatic heterocycles. The van der Waals surface area contributed by atoms with Crippen LogP contribution in [0.4, 0.5) is 0 Å². The number of sulfonamides is 1. The summed E-state index contributed by atoms with van der Waals surface area (Å²) in [4.78, 5) is 0. The van der Waals surface area contributed by atoms with E-state index in [1.54, 1.807) is 0 Å². The summed E-state index contributed by atoms with van der Waals surface area (Å²) in [5, 5.41) is 9.83. The number of nitrogens with one attached hydrogen (secondary N) is 1. The van der Waals surface area contributed by atoms with E-state index in [1.165, 1.54) is 6.08 Å². The van der Waals surface area contributed by atoms with Gasteiger partial charge in [-0.15, -0.1) is 6.58 Å². The van der Waals surface area contributed by atoms with Crippen LogP contribution in [0.1, 0.15) is 0 Å². The molecule has 0 aliphatic rings. The molecule has 0 atom stereocenters. The molecule has 0 spiro atoms. The van der Waals surface area contributed by atoms with E-state index in [0.29, 0.717) is 0 Å². The molecule has 4 nitrogen and oxygen atoms in total. The molecule has 1 radical (unpaired) electrons. The van der Waals surface area contributed by atoms with E-state index in [9.17, 15) is 13.5 Å². The molecule has 0 rings (SSSR count). The molecule has 0 aliphatic heterocycles. The lowest BCUT2D eigenvalue weighted by atomic mass is 10.8. The highest BCUT2D eigenvalue weighted by Gasteiger charge is 2.04. The molecule has 10 heavy (non-hydrogen) atoms. The molecular formula is C5H10NO3S. The van der Waals surface area contributed by atoms with Crippen LogP contribution in [0.3, 0.4) is 0 Å². The second kappa shape index (κ2) is 4.43. The normalized spacial score (nSPS) is 11.3. The fraction of sp³-hybridized carbons (Fsp3) is 0.600.